The van der Waals surface area contributed by atoms with Crippen LogP contribution in [-0.2, 0) is 0 Å². The second-order valence-corrected chi connectivity index (χ2v) is 7.00. The average molecular weight is 272 g/mol. The van der Waals surface area contributed by atoms with Gasteiger partial charge in [0.2, 0.25) is 0 Å². The second-order valence-electron chi connectivity index (χ2n) is 5.25. The summed E-state index contributed by atoms with van der Waals surface area (Å²) in [6.45, 7) is 4.64. The summed E-state index contributed by atoms with van der Waals surface area (Å²) in [4.78, 5) is 1.35. The molecule has 1 nitrogen and oxygen atoms in total. The molecule has 3 heteroatoms. The van der Waals surface area contributed by atoms with Crippen molar-refractivity contribution < 1.29 is 0 Å². The van der Waals surface area contributed by atoms with Gasteiger partial charge < -0.3 is 5.32 Å². The van der Waals surface area contributed by atoms with E-state index < -0.39 is 0 Å². The monoisotopic (exact) mass is 271 g/mol. The van der Waals surface area contributed by atoms with Crippen molar-refractivity contribution in [1.29, 1.82) is 0 Å². The first-order valence-corrected chi connectivity index (χ1v) is 7.87. The summed E-state index contributed by atoms with van der Waals surface area (Å²) in [7, 11) is 0. The van der Waals surface area contributed by atoms with Gasteiger partial charge in [-0.25, -0.2) is 0 Å². The predicted molar refractivity (Wildman–Crippen MR) is 76.9 cm³/mol. The number of halogens is 1. The van der Waals surface area contributed by atoms with Crippen LogP contribution in [0.5, 0.6) is 0 Å². The van der Waals surface area contributed by atoms with E-state index in [1.807, 2.05) is 6.07 Å². The Labute approximate surface area is 114 Å². The Morgan fingerprint density at radius 1 is 1.29 bits per heavy atom. The molecule has 3 atom stereocenters. The van der Waals surface area contributed by atoms with E-state index in [9.17, 15) is 0 Å². The van der Waals surface area contributed by atoms with Crippen LogP contribution in [0, 0.1) is 5.92 Å². The Bertz CT molecular complexity index is 350. The van der Waals surface area contributed by atoms with Crippen molar-refractivity contribution in [1.82, 2.24) is 5.32 Å². The zero-order chi connectivity index (χ0) is 12.3. The quantitative estimate of drug-likeness (QED) is 0.761. The highest BCUT2D eigenvalue weighted by molar-refractivity contribution is 7.16. The molecule has 1 aliphatic carbocycles. The molecule has 1 N–H and O–H groups in total. The van der Waals surface area contributed by atoms with Crippen LogP contribution in [0.4, 0.5) is 0 Å². The fourth-order valence-corrected chi connectivity index (χ4v) is 3.78. The van der Waals surface area contributed by atoms with Crippen molar-refractivity contribution in [3.05, 3.63) is 21.3 Å². The number of thiophene rings is 1. The van der Waals surface area contributed by atoms with Crippen molar-refractivity contribution >= 4 is 22.9 Å². The number of nitrogens with one attached hydrogen (secondary N) is 1. The van der Waals surface area contributed by atoms with E-state index >= 15 is 0 Å². The molecule has 1 aliphatic rings. The molecular weight excluding hydrogens is 250 g/mol. The van der Waals surface area contributed by atoms with E-state index in [1.165, 1.54) is 37.0 Å². The molecule has 0 amide bonds. The highest BCUT2D eigenvalue weighted by Gasteiger charge is 2.22. The first-order valence-electron chi connectivity index (χ1n) is 6.68. The molecule has 17 heavy (non-hydrogen) atoms. The van der Waals surface area contributed by atoms with Gasteiger partial charge >= 0.3 is 0 Å². The summed E-state index contributed by atoms with van der Waals surface area (Å²) in [5.41, 5.74) is 0. The minimum absolute atomic E-state index is 0.429. The van der Waals surface area contributed by atoms with Gasteiger partial charge in [0.25, 0.3) is 0 Å². The molecule has 1 heterocycles. The number of hydrogen-bond donors (Lipinski definition) is 1. The van der Waals surface area contributed by atoms with Gasteiger partial charge in [-0.15, -0.1) is 11.3 Å². The molecular formula is C14H22ClNS. The topological polar surface area (TPSA) is 12.0 Å². The second kappa shape index (κ2) is 6.21. The van der Waals surface area contributed by atoms with Crippen molar-refractivity contribution in [2.75, 3.05) is 0 Å². The van der Waals surface area contributed by atoms with Gasteiger partial charge in [0.15, 0.2) is 0 Å². The van der Waals surface area contributed by atoms with Crippen LogP contribution in [0.25, 0.3) is 0 Å². The molecule has 1 saturated carbocycles. The molecule has 1 aromatic rings. The average Bonchev–Trinajstić information content (AvgIpc) is 2.63. The van der Waals surface area contributed by atoms with Gasteiger partial charge in [-0.1, -0.05) is 37.8 Å². The van der Waals surface area contributed by atoms with Gasteiger partial charge in [0.05, 0.1) is 4.34 Å². The third-order valence-electron chi connectivity index (χ3n) is 3.85. The maximum atomic E-state index is 5.99. The van der Waals surface area contributed by atoms with Crippen molar-refractivity contribution in [3.8, 4) is 0 Å². The summed E-state index contributed by atoms with van der Waals surface area (Å²) < 4.78 is 0.891. The summed E-state index contributed by atoms with van der Waals surface area (Å²) >= 11 is 7.69. The molecule has 3 unspecified atom stereocenters. The Kier molecular flexibility index (Phi) is 4.89. The molecule has 0 saturated heterocycles. The Hall–Kier alpha value is -0.0500. The fraction of sp³-hybridized carbons (Fsp3) is 0.714. The summed E-state index contributed by atoms with van der Waals surface area (Å²) in [5.74, 6) is 0.801. The lowest BCUT2D eigenvalue weighted by Crippen LogP contribution is -2.35. The normalized spacial score (nSPS) is 27.7. The smallest absolute Gasteiger partial charge is 0.0931 e. The standard InChI is InChI=1S/C14H22ClNS/c1-10-6-4-3-5-7-12(10)16-11(2)13-8-9-14(15)17-13/h8-12,16H,3-7H2,1-2H3. The van der Waals surface area contributed by atoms with Gasteiger partial charge in [-0.2, -0.15) is 0 Å². The lowest BCUT2D eigenvalue weighted by atomic mass is 9.96. The summed E-state index contributed by atoms with van der Waals surface area (Å²) in [5, 5.41) is 3.79. The van der Waals surface area contributed by atoms with Crippen molar-refractivity contribution in [2.45, 2.75) is 58.0 Å². The van der Waals surface area contributed by atoms with Gasteiger partial charge in [0, 0.05) is 17.0 Å². The van der Waals surface area contributed by atoms with E-state index in [1.54, 1.807) is 11.3 Å². The first kappa shape index (κ1) is 13.4. The molecule has 0 aromatic carbocycles. The zero-order valence-electron chi connectivity index (χ0n) is 10.7. The molecule has 96 valence electrons. The van der Waals surface area contributed by atoms with Gasteiger partial charge in [-0.3, -0.25) is 0 Å². The third kappa shape index (κ3) is 3.70. The Balaban J connectivity index is 1.94. The van der Waals surface area contributed by atoms with Crippen LogP contribution >= 0.6 is 22.9 Å². The minimum Gasteiger partial charge on any atom is -0.306 e. The molecule has 0 radical (unpaired) electrons. The van der Waals surface area contributed by atoms with E-state index in [0.29, 0.717) is 12.1 Å². The van der Waals surface area contributed by atoms with E-state index in [-0.39, 0.29) is 0 Å². The van der Waals surface area contributed by atoms with E-state index in [0.717, 1.165) is 10.3 Å². The fourth-order valence-electron chi connectivity index (χ4n) is 2.70. The van der Waals surface area contributed by atoms with Crippen LogP contribution in [0.3, 0.4) is 0 Å². The maximum absolute atomic E-state index is 5.99. The lowest BCUT2D eigenvalue weighted by molar-refractivity contribution is 0.332. The zero-order valence-corrected chi connectivity index (χ0v) is 12.3. The largest absolute Gasteiger partial charge is 0.306 e. The first-order chi connectivity index (χ1) is 8.16. The third-order valence-corrected chi connectivity index (χ3v) is 5.26. The van der Waals surface area contributed by atoms with Crippen LogP contribution in [-0.4, -0.2) is 6.04 Å². The minimum atomic E-state index is 0.429. The lowest BCUT2D eigenvalue weighted by Gasteiger charge is -2.26. The Morgan fingerprint density at radius 2 is 2.06 bits per heavy atom. The molecule has 0 spiro atoms. The SMILES string of the molecule is CC(NC1CCCCCC1C)c1ccc(Cl)s1. The van der Waals surface area contributed by atoms with E-state index in [2.05, 4.69) is 25.2 Å². The molecule has 2 rings (SSSR count). The van der Waals surface area contributed by atoms with Crippen LogP contribution in [0.1, 0.15) is 56.9 Å². The molecule has 1 fully saturated rings. The molecule has 0 bridgehead atoms. The van der Waals surface area contributed by atoms with Crippen LogP contribution < -0.4 is 5.32 Å². The highest BCUT2D eigenvalue weighted by Crippen LogP contribution is 2.29. The van der Waals surface area contributed by atoms with Crippen molar-refractivity contribution in [2.24, 2.45) is 5.92 Å². The maximum Gasteiger partial charge on any atom is 0.0931 e. The van der Waals surface area contributed by atoms with Gasteiger partial charge in [0.1, 0.15) is 0 Å². The Morgan fingerprint density at radius 3 is 2.76 bits per heavy atom. The predicted octanol–water partition coefficient (Wildman–Crippen LogP) is 5.02. The molecule has 0 aliphatic heterocycles. The van der Waals surface area contributed by atoms with Crippen molar-refractivity contribution in [3.63, 3.8) is 0 Å². The summed E-state index contributed by atoms with van der Waals surface area (Å²) in [6, 6.07) is 5.24. The number of rotatable bonds is 3. The van der Waals surface area contributed by atoms with Gasteiger partial charge in [-0.05, 0) is 37.8 Å². The number of hydrogen-bond acceptors (Lipinski definition) is 2. The van der Waals surface area contributed by atoms with E-state index in [4.69, 9.17) is 11.6 Å². The summed E-state index contributed by atoms with van der Waals surface area (Å²) in [6.07, 6.45) is 6.88. The molecule has 1 aromatic heterocycles. The highest BCUT2D eigenvalue weighted by atomic mass is 35.5. The van der Waals surface area contributed by atoms with Crippen LogP contribution in [0.2, 0.25) is 4.34 Å². The van der Waals surface area contributed by atoms with Crippen LogP contribution in [0.15, 0.2) is 12.1 Å².